The largest absolute Gasteiger partial charge is 0.497 e. The van der Waals surface area contributed by atoms with Crippen molar-refractivity contribution in [1.29, 1.82) is 0 Å². The van der Waals surface area contributed by atoms with Gasteiger partial charge in [0.2, 0.25) is 5.91 Å². The summed E-state index contributed by atoms with van der Waals surface area (Å²) >= 11 is 0. The van der Waals surface area contributed by atoms with Crippen molar-refractivity contribution in [2.45, 2.75) is 25.9 Å². The van der Waals surface area contributed by atoms with Crippen molar-refractivity contribution >= 4 is 17.3 Å². The number of nitrogens with one attached hydrogen (secondary N) is 1. The Morgan fingerprint density at radius 3 is 2.61 bits per heavy atom. The molecule has 0 aromatic heterocycles. The van der Waals surface area contributed by atoms with Crippen LogP contribution in [0.15, 0.2) is 42.5 Å². The zero-order valence-electron chi connectivity index (χ0n) is 13.2. The van der Waals surface area contributed by atoms with Gasteiger partial charge in [0, 0.05) is 6.07 Å². The molecule has 0 spiro atoms. The second kappa shape index (κ2) is 6.28. The third-order valence-corrected chi connectivity index (χ3v) is 4.05. The first kappa shape index (κ1) is 15.3. The minimum atomic E-state index is -0.281. The van der Waals surface area contributed by atoms with E-state index in [0.717, 1.165) is 22.7 Å². The van der Waals surface area contributed by atoms with Crippen molar-refractivity contribution in [2.75, 3.05) is 17.3 Å². The van der Waals surface area contributed by atoms with Gasteiger partial charge in [-0.25, -0.2) is 4.39 Å². The molecule has 2 aromatic carbocycles. The van der Waals surface area contributed by atoms with Crippen LogP contribution in [0.1, 0.15) is 18.9 Å². The molecule has 1 atom stereocenters. The Morgan fingerprint density at radius 2 is 1.96 bits per heavy atom. The normalized spacial score (nSPS) is 16.7. The number of carbonyl (C=O) groups is 1. The summed E-state index contributed by atoms with van der Waals surface area (Å²) in [4.78, 5) is 14.4. The molecule has 3 rings (SSSR count). The topological polar surface area (TPSA) is 41.6 Å². The first-order chi connectivity index (χ1) is 11.1. The highest BCUT2D eigenvalue weighted by molar-refractivity contribution is 6.05. The minimum absolute atomic E-state index is 0.0227. The summed E-state index contributed by atoms with van der Waals surface area (Å²) in [6.07, 6.45) is 0.690. The van der Waals surface area contributed by atoms with Crippen molar-refractivity contribution in [2.24, 2.45) is 0 Å². The number of hydrogen-bond donors (Lipinski definition) is 1. The molecule has 0 saturated carbocycles. The molecular formula is C18H19FN2O2. The predicted octanol–water partition coefficient (Wildman–Crippen LogP) is 3.57. The van der Waals surface area contributed by atoms with Gasteiger partial charge in [0.05, 0.1) is 25.0 Å². The molecule has 23 heavy (non-hydrogen) atoms. The predicted molar refractivity (Wildman–Crippen MR) is 88.3 cm³/mol. The van der Waals surface area contributed by atoms with E-state index < -0.39 is 0 Å². The van der Waals surface area contributed by atoms with Gasteiger partial charge >= 0.3 is 0 Å². The Bertz CT molecular complexity index is 715. The van der Waals surface area contributed by atoms with E-state index in [1.54, 1.807) is 24.1 Å². The van der Waals surface area contributed by atoms with Gasteiger partial charge in [0.15, 0.2) is 0 Å². The lowest BCUT2D eigenvalue weighted by molar-refractivity contribution is -0.119. The smallest absolute Gasteiger partial charge is 0.249 e. The molecule has 1 unspecified atom stereocenters. The lowest BCUT2D eigenvalue weighted by Gasteiger charge is -2.35. The molecule has 1 heterocycles. The first-order valence-corrected chi connectivity index (χ1v) is 7.62. The number of benzene rings is 2. The van der Waals surface area contributed by atoms with Crippen molar-refractivity contribution < 1.29 is 13.9 Å². The summed E-state index contributed by atoms with van der Waals surface area (Å²) in [5, 5.41) is 3.26. The van der Waals surface area contributed by atoms with Crippen molar-refractivity contribution in [3.05, 3.63) is 53.8 Å². The Hall–Kier alpha value is -2.56. The molecule has 0 radical (unpaired) electrons. The SMILES string of the molecule is CCC1Nc2cc(OC)ccc2N(Cc2ccc(F)cc2)C1=O. The van der Waals surface area contributed by atoms with E-state index in [-0.39, 0.29) is 17.8 Å². The molecule has 1 aliphatic rings. The summed E-state index contributed by atoms with van der Waals surface area (Å²) in [7, 11) is 1.61. The Balaban J connectivity index is 1.97. The van der Waals surface area contributed by atoms with Crippen LogP contribution in [0.4, 0.5) is 15.8 Å². The molecule has 1 amide bonds. The Kier molecular flexibility index (Phi) is 4.19. The number of hydrogen-bond acceptors (Lipinski definition) is 3. The van der Waals surface area contributed by atoms with Crippen LogP contribution in [-0.2, 0) is 11.3 Å². The van der Waals surface area contributed by atoms with Gasteiger partial charge in [-0.2, -0.15) is 0 Å². The van der Waals surface area contributed by atoms with Crippen molar-refractivity contribution in [3.8, 4) is 5.75 Å². The lowest BCUT2D eigenvalue weighted by atomic mass is 10.1. The monoisotopic (exact) mass is 314 g/mol. The molecule has 2 aromatic rings. The van der Waals surface area contributed by atoms with E-state index in [0.29, 0.717) is 13.0 Å². The standard InChI is InChI=1S/C18H19FN2O2/c1-3-15-18(22)21(11-12-4-6-13(19)7-5-12)17-9-8-14(23-2)10-16(17)20-15/h4-10,15,20H,3,11H2,1-2H3. The van der Waals surface area contributed by atoms with Gasteiger partial charge in [-0.05, 0) is 36.2 Å². The fourth-order valence-corrected chi connectivity index (χ4v) is 2.76. The third kappa shape index (κ3) is 2.99. The summed E-state index contributed by atoms with van der Waals surface area (Å²) in [5.41, 5.74) is 2.57. The van der Waals surface area contributed by atoms with Crippen LogP contribution < -0.4 is 15.0 Å². The molecule has 5 heteroatoms. The van der Waals surface area contributed by atoms with E-state index in [2.05, 4.69) is 5.32 Å². The zero-order chi connectivity index (χ0) is 16.4. The first-order valence-electron chi connectivity index (χ1n) is 7.62. The number of rotatable bonds is 4. The summed E-state index contributed by atoms with van der Waals surface area (Å²) < 4.78 is 18.3. The number of halogens is 1. The van der Waals surface area contributed by atoms with Gasteiger partial charge in [0.25, 0.3) is 0 Å². The van der Waals surface area contributed by atoms with E-state index >= 15 is 0 Å². The molecule has 0 saturated heterocycles. The van der Waals surface area contributed by atoms with Crippen LogP contribution in [0, 0.1) is 5.82 Å². The molecule has 1 N–H and O–H groups in total. The van der Waals surface area contributed by atoms with Crippen LogP contribution in [0.2, 0.25) is 0 Å². The van der Waals surface area contributed by atoms with E-state index in [1.807, 2.05) is 25.1 Å². The fraction of sp³-hybridized carbons (Fsp3) is 0.278. The molecule has 1 aliphatic heterocycles. The van der Waals surface area contributed by atoms with E-state index in [4.69, 9.17) is 4.74 Å². The average Bonchev–Trinajstić information content (AvgIpc) is 2.58. The molecule has 0 bridgehead atoms. The number of anilines is 2. The number of ether oxygens (including phenoxy) is 1. The van der Waals surface area contributed by atoms with Gasteiger partial charge in [-0.15, -0.1) is 0 Å². The maximum absolute atomic E-state index is 13.1. The number of fused-ring (bicyclic) bond motifs is 1. The van der Waals surface area contributed by atoms with E-state index in [9.17, 15) is 9.18 Å². The highest BCUT2D eigenvalue weighted by Crippen LogP contribution is 2.36. The van der Waals surface area contributed by atoms with Gasteiger partial charge in [0.1, 0.15) is 17.6 Å². The average molecular weight is 314 g/mol. The highest BCUT2D eigenvalue weighted by Gasteiger charge is 2.31. The Labute approximate surface area is 134 Å². The number of carbonyl (C=O) groups excluding carboxylic acids is 1. The highest BCUT2D eigenvalue weighted by atomic mass is 19.1. The number of amides is 1. The maximum atomic E-state index is 13.1. The molecule has 0 aliphatic carbocycles. The van der Waals surface area contributed by atoms with Gasteiger partial charge < -0.3 is 15.0 Å². The molecular weight excluding hydrogens is 295 g/mol. The minimum Gasteiger partial charge on any atom is -0.497 e. The maximum Gasteiger partial charge on any atom is 0.249 e. The van der Waals surface area contributed by atoms with Crippen LogP contribution >= 0.6 is 0 Å². The molecule has 0 fully saturated rings. The lowest BCUT2D eigenvalue weighted by Crippen LogP contribution is -2.46. The van der Waals surface area contributed by atoms with E-state index in [1.165, 1.54) is 12.1 Å². The second-order valence-electron chi connectivity index (χ2n) is 5.54. The zero-order valence-corrected chi connectivity index (χ0v) is 13.2. The van der Waals surface area contributed by atoms with Crippen LogP contribution in [-0.4, -0.2) is 19.1 Å². The summed E-state index contributed by atoms with van der Waals surface area (Å²) in [6.45, 7) is 2.38. The van der Waals surface area contributed by atoms with Crippen molar-refractivity contribution in [1.82, 2.24) is 0 Å². The fourth-order valence-electron chi connectivity index (χ4n) is 2.76. The summed E-state index contributed by atoms with van der Waals surface area (Å²) in [5.74, 6) is 0.480. The van der Waals surface area contributed by atoms with Crippen LogP contribution in [0.25, 0.3) is 0 Å². The molecule has 4 nitrogen and oxygen atoms in total. The van der Waals surface area contributed by atoms with Crippen LogP contribution in [0.3, 0.4) is 0 Å². The van der Waals surface area contributed by atoms with Crippen LogP contribution in [0.5, 0.6) is 5.75 Å². The number of methoxy groups -OCH3 is 1. The van der Waals surface area contributed by atoms with Gasteiger partial charge in [-0.3, -0.25) is 4.79 Å². The Morgan fingerprint density at radius 1 is 1.22 bits per heavy atom. The van der Waals surface area contributed by atoms with Crippen molar-refractivity contribution in [3.63, 3.8) is 0 Å². The third-order valence-electron chi connectivity index (χ3n) is 4.05. The quantitative estimate of drug-likeness (QED) is 0.938. The summed E-state index contributed by atoms with van der Waals surface area (Å²) in [6, 6.07) is 11.6. The molecule has 120 valence electrons. The second-order valence-corrected chi connectivity index (χ2v) is 5.54. The number of nitrogens with zero attached hydrogens (tertiary/aromatic N) is 1. The van der Waals surface area contributed by atoms with Gasteiger partial charge in [-0.1, -0.05) is 19.1 Å².